The largest absolute Gasteiger partial charge is 0.347 e. The summed E-state index contributed by atoms with van der Waals surface area (Å²) in [5.74, 6) is 0.00436. The maximum atomic E-state index is 12.0. The number of rotatable bonds is 6. The lowest BCUT2D eigenvalue weighted by molar-refractivity contribution is -0.122. The summed E-state index contributed by atoms with van der Waals surface area (Å²) >= 11 is 1.60. The summed E-state index contributed by atoms with van der Waals surface area (Å²) < 4.78 is 0. The molecule has 112 valence electrons. The highest BCUT2D eigenvalue weighted by Gasteiger charge is 2.13. The Morgan fingerprint density at radius 3 is 2.76 bits per heavy atom. The van der Waals surface area contributed by atoms with Gasteiger partial charge in [0.15, 0.2) is 0 Å². The average Bonchev–Trinajstić information content (AvgIpc) is 2.86. The molecule has 0 spiro atoms. The molecule has 1 N–H and O–H groups in total. The van der Waals surface area contributed by atoms with Crippen LogP contribution in [-0.2, 0) is 11.3 Å². The van der Waals surface area contributed by atoms with E-state index < -0.39 is 0 Å². The molecule has 1 atom stereocenters. The van der Waals surface area contributed by atoms with Gasteiger partial charge in [-0.25, -0.2) is 4.98 Å². The van der Waals surface area contributed by atoms with Crippen molar-refractivity contribution < 1.29 is 4.79 Å². The van der Waals surface area contributed by atoms with Crippen LogP contribution >= 0.6 is 11.3 Å². The molecule has 0 bridgehead atoms. The van der Waals surface area contributed by atoms with Gasteiger partial charge < -0.3 is 5.32 Å². The SMILES string of the molecule is Cc1nc([C@@H](C)NC(=O)CN(C)Cc2ccncc2)cs1. The third-order valence-corrected chi connectivity index (χ3v) is 3.87. The number of aromatic nitrogens is 2. The smallest absolute Gasteiger partial charge is 0.234 e. The number of hydrogen-bond acceptors (Lipinski definition) is 5. The number of hydrogen-bond donors (Lipinski definition) is 1. The molecular formula is C15H20N4OS. The molecule has 2 rings (SSSR count). The summed E-state index contributed by atoms with van der Waals surface area (Å²) in [6.45, 7) is 5.00. The molecule has 0 aliphatic rings. The van der Waals surface area contributed by atoms with Gasteiger partial charge >= 0.3 is 0 Å². The molecular weight excluding hydrogens is 284 g/mol. The van der Waals surface area contributed by atoms with E-state index in [1.807, 2.05) is 43.3 Å². The zero-order chi connectivity index (χ0) is 15.2. The number of carbonyl (C=O) groups is 1. The topological polar surface area (TPSA) is 58.1 Å². The van der Waals surface area contributed by atoms with Crippen molar-refractivity contribution in [3.63, 3.8) is 0 Å². The van der Waals surface area contributed by atoms with Gasteiger partial charge in [-0.2, -0.15) is 0 Å². The van der Waals surface area contributed by atoms with Crippen LogP contribution in [0, 0.1) is 6.92 Å². The Morgan fingerprint density at radius 1 is 1.43 bits per heavy atom. The maximum Gasteiger partial charge on any atom is 0.234 e. The first-order chi connectivity index (χ1) is 10.0. The normalized spacial score (nSPS) is 12.4. The predicted molar refractivity (Wildman–Crippen MR) is 84.0 cm³/mol. The molecule has 1 amide bonds. The first kappa shape index (κ1) is 15.6. The molecule has 21 heavy (non-hydrogen) atoms. The predicted octanol–water partition coefficient (Wildman–Crippen LogP) is 2.16. The first-order valence-electron chi connectivity index (χ1n) is 6.83. The molecule has 5 nitrogen and oxygen atoms in total. The minimum Gasteiger partial charge on any atom is -0.347 e. The number of amides is 1. The van der Waals surface area contributed by atoms with Gasteiger partial charge in [0.2, 0.25) is 5.91 Å². The average molecular weight is 304 g/mol. The third-order valence-electron chi connectivity index (χ3n) is 3.07. The van der Waals surface area contributed by atoms with Gasteiger partial charge in [-0.3, -0.25) is 14.7 Å². The zero-order valence-electron chi connectivity index (χ0n) is 12.5. The van der Waals surface area contributed by atoms with Crippen molar-refractivity contribution in [2.75, 3.05) is 13.6 Å². The van der Waals surface area contributed by atoms with E-state index in [1.54, 1.807) is 23.7 Å². The van der Waals surface area contributed by atoms with Gasteiger partial charge in [0, 0.05) is 24.3 Å². The molecule has 2 aromatic heterocycles. The van der Waals surface area contributed by atoms with E-state index in [4.69, 9.17) is 0 Å². The van der Waals surface area contributed by atoms with Crippen LogP contribution in [0.4, 0.5) is 0 Å². The summed E-state index contributed by atoms with van der Waals surface area (Å²) in [5.41, 5.74) is 2.06. The molecule has 0 radical (unpaired) electrons. The molecule has 0 unspecified atom stereocenters. The van der Waals surface area contributed by atoms with E-state index in [0.717, 1.165) is 22.8 Å². The number of carbonyl (C=O) groups excluding carboxylic acids is 1. The van der Waals surface area contributed by atoms with Crippen LogP contribution in [0.5, 0.6) is 0 Å². The molecule has 0 aromatic carbocycles. The van der Waals surface area contributed by atoms with E-state index in [1.165, 1.54) is 0 Å². The second kappa shape index (κ2) is 7.28. The van der Waals surface area contributed by atoms with Gasteiger partial charge in [-0.15, -0.1) is 11.3 Å². The molecule has 6 heteroatoms. The Balaban J connectivity index is 1.81. The van der Waals surface area contributed by atoms with Crippen LogP contribution in [0.15, 0.2) is 29.9 Å². The first-order valence-corrected chi connectivity index (χ1v) is 7.71. The lowest BCUT2D eigenvalue weighted by Crippen LogP contribution is -2.36. The van der Waals surface area contributed by atoms with E-state index in [0.29, 0.717) is 6.54 Å². The van der Waals surface area contributed by atoms with Crippen molar-refractivity contribution in [1.29, 1.82) is 0 Å². The van der Waals surface area contributed by atoms with Gasteiger partial charge in [-0.05, 0) is 38.6 Å². The standard InChI is InChI=1S/C15H20N4OS/c1-11(14-10-21-12(2)18-14)17-15(20)9-19(3)8-13-4-6-16-7-5-13/h4-7,10-11H,8-9H2,1-3H3,(H,17,20)/t11-/m1/s1. The Labute approximate surface area is 129 Å². The van der Waals surface area contributed by atoms with Crippen LogP contribution < -0.4 is 5.32 Å². The summed E-state index contributed by atoms with van der Waals surface area (Å²) in [7, 11) is 1.93. The monoisotopic (exact) mass is 304 g/mol. The van der Waals surface area contributed by atoms with Crippen molar-refractivity contribution in [1.82, 2.24) is 20.2 Å². The second-order valence-electron chi connectivity index (χ2n) is 5.11. The maximum absolute atomic E-state index is 12.0. The Morgan fingerprint density at radius 2 is 2.14 bits per heavy atom. The van der Waals surface area contributed by atoms with Crippen molar-refractivity contribution in [3.05, 3.63) is 46.2 Å². The zero-order valence-corrected chi connectivity index (χ0v) is 13.4. The number of nitrogens with zero attached hydrogens (tertiary/aromatic N) is 3. The van der Waals surface area contributed by atoms with Crippen molar-refractivity contribution in [2.45, 2.75) is 26.4 Å². The Hall–Kier alpha value is -1.79. The highest BCUT2D eigenvalue weighted by molar-refractivity contribution is 7.09. The fourth-order valence-electron chi connectivity index (χ4n) is 2.04. The van der Waals surface area contributed by atoms with E-state index in [-0.39, 0.29) is 11.9 Å². The van der Waals surface area contributed by atoms with Crippen LogP contribution in [0.1, 0.15) is 29.2 Å². The highest BCUT2D eigenvalue weighted by atomic mass is 32.1. The molecule has 2 heterocycles. The summed E-state index contributed by atoms with van der Waals surface area (Å²) in [4.78, 5) is 22.4. The highest BCUT2D eigenvalue weighted by Crippen LogP contribution is 2.15. The number of nitrogens with one attached hydrogen (secondary N) is 1. The molecule has 0 aliphatic carbocycles. The minimum atomic E-state index is -0.0585. The quantitative estimate of drug-likeness (QED) is 0.888. The molecule has 0 saturated heterocycles. The fourth-order valence-corrected chi connectivity index (χ4v) is 2.75. The van der Waals surface area contributed by atoms with Crippen molar-refractivity contribution in [3.8, 4) is 0 Å². The molecule has 2 aromatic rings. The molecule has 0 aliphatic heterocycles. The summed E-state index contributed by atoms with van der Waals surface area (Å²) in [6.07, 6.45) is 3.52. The van der Waals surface area contributed by atoms with Crippen LogP contribution in [-0.4, -0.2) is 34.4 Å². The minimum absolute atomic E-state index is 0.00436. The van der Waals surface area contributed by atoms with E-state index in [9.17, 15) is 4.79 Å². The molecule has 0 saturated carbocycles. The number of thiazole rings is 1. The van der Waals surface area contributed by atoms with Crippen molar-refractivity contribution >= 4 is 17.2 Å². The van der Waals surface area contributed by atoms with Gasteiger partial charge in [0.25, 0.3) is 0 Å². The van der Waals surface area contributed by atoms with Crippen LogP contribution in [0.3, 0.4) is 0 Å². The fraction of sp³-hybridized carbons (Fsp3) is 0.400. The number of likely N-dealkylation sites (N-methyl/N-ethyl adjacent to an activating group) is 1. The lowest BCUT2D eigenvalue weighted by atomic mass is 10.2. The Bertz CT molecular complexity index is 584. The van der Waals surface area contributed by atoms with Gasteiger partial charge in [-0.1, -0.05) is 0 Å². The van der Waals surface area contributed by atoms with Gasteiger partial charge in [0.05, 0.1) is 23.3 Å². The lowest BCUT2D eigenvalue weighted by Gasteiger charge is -2.18. The van der Waals surface area contributed by atoms with Crippen LogP contribution in [0.2, 0.25) is 0 Å². The third kappa shape index (κ3) is 4.91. The van der Waals surface area contributed by atoms with Crippen LogP contribution in [0.25, 0.3) is 0 Å². The van der Waals surface area contributed by atoms with Gasteiger partial charge in [0.1, 0.15) is 0 Å². The Kier molecular flexibility index (Phi) is 5.41. The second-order valence-corrected chi connectivity index (χ2v) is 6.17. The van der Waals surface area contributed by atoms with E-state index >= 15 is 0 Å². The van der Waals surface area contributed by atoms with E-state index in [2.05, 4.69) is 15.3 Å². The van der Waals surface area contributed by atoms with Crippen molar-refractivity contribution in [2.24, 2.45) is 0 Å². The number of pyridine rings is 1. The summed E-state index contributed by atoms with van der Waals surface area (Å²) in [5, 5.41) is 5.98. The number of aryl methyl sites for hydroxylation is 1. The summed E-state index contributed by atoms with van der Waals surface area (Å²) in [6, 6.07) is 3.85. The molecule has 0 fully saturated rings.